The highest BCUT2D eigenvalue weighted by Crippen LogP contribution is 2.28. The van der Waals surface area contributed by atoms with Gasteiger partial charge in [-0.3, -0.25) is 4.79 Å². The van der Waals surface area contributed by atoms with Crippen molar-refractivity contribution in [3.8, 4) is 5.75 Å². The van der Waals surface area contributed by atoms with Crippen molar-refractivity contribution in [3.05, 3.63) is 29.8 Å². The van der Waals surface area contributed by atoms with Crippen molar-refractivity contribution in [2.75, 3.05) is 20.8 Å². The van der Waals surface area contributed by atoms with Crippen LogP contribution in [0.1, 0.15) is 38.7 Å². The number of para-hydroxylation sites is 1. The van der Waals surface area contributed by atoms with Crippen LogP contribution in [0.2, 0.25) is 0 Å². The van der Waals surface area contributed by atoms with Crippen molar-refractivity contribution in [3.63, 3.8) is 0 Å². The smallest absolute Gasteiger partial charge is 0.225 e. The molecule has 1 amide bonds. The number of hydrogen-bond donors (Lipinski definition) is 1. The fourth-order valence-corrected chi connectivity index (χ4v) is 3.37. The van der Waals surface area contributed by atoms with E-state index in [0.29, 0.717) is 25.5 Å². The number of benzene rings is 1. The average Bonchev–Trinajstić information content (AvgIpc) is 2.60. The highest BCUT2D eigenvalue weighted by molar-refractivity contribution is 5.85. The van der Waals surface area contributed by atoms with Gasteiger partial charge >= 0.3 is 0 Å². The van der Waals surface area contributed by atoms with E-state index in [2.05, 4.69) is 13.8 Å². The van der Waals surface area contributed by atoms with Gasteiger partial charge in [0.15, 0.2) is 0 Å². The van der Waals surface area contributed by atoms with Crippen LogP contribution in [-0.4, -0.2) is 43.7 Å². The first-order chi connectivity index (χ1) is 11.9. The van der Waals surface area contributed by atoms with E-state index >= 15 is 0 Å². The van der Waals surface area contributed by atoms with Crippen molar-refractivity contribution >= 4 is 18.3 Å². The molecule has 0 radical (unpaired) electrons. The molecule has 0 bridgehead atoms. The van der Waals surface area contributed by atoms with E-state index in [4.69, 9.17) is 15.2 Å². The van der Waals surface area contributed by atoms with Gasteiger partial charge < -0.3 is 20.1 Å². The summed E-state index contributed by atoms with van der Waals surface area (Å²) >= 11 is 0. The fraction of sp³-hybridized carbons (Fsp3) is 0.650. The molecule has 0 unspecified atom stereocenters. The molecule has 0 spiro atoms. The minimum absolute atomic E-state index is 0. The Labute approximate surface area is 163 Å². The molecule has 1 saturated carbocycles. The minimum Gasteiger partial charge on any atom is -0.493 e. The number of hydrogen-bond acceptors (Lipinski definition) is 4. The largest absolute Gasteiger partial charge is 0.493 e. The first-order valence-electron chi connectivity index (χ1n) is 9.16. The average molecular weight is 385 g/mol. The van der Waals surface area contributed by atoms with Gasteiger partial charge in [-0.05, 0) is 31.2 Å². The molecule has 3 atom stereocenters. The van der Waals surface area contributed by atoms with Crippen LogP contribution in [0, 0.1) is 11.8 Å². The molecule has 5 nitrogen and oxygen atoms in total. The number of halogens is 1. The summed E-state index contributed by atoms with van der Waals surface area (Å²) in [5.41, 5.74) is 7.18. The molecule has 1 aromatic rings. The second-order valence-corrected chi connectivity index (χ2v) is 7.45. The standard InChI is InChI=1S/C20H32N2O3.ClH/c1-14(2)13-25-18-8-6-5-7-16(18)12-22(3)20(23)15-9-10-19(24-4)17(21)11-15;/h5-8,14-15,17,19H,9-13,21H2,1-4H3;1H/t15-,17+,19+;/m0./s1. The van der Waals surface area contributed by atoms with Gasteiger partial charge in [0.1, 0.15) is 5.75 Å². The van der Waals surface area contributed by atoms with E-state index in [-0.39, 0.29) is 36.4 Å². The number of nitrogens with two attached hydrogens (primary N) is 1. The lowest BCUT2D eigenvalue weighted by Gasteiger charge is -2.34. The summed E-state index contributed by atoms with van der Waals surface area (Å²) in [5.74, 6) is 1.46. The lowest BCUT2D eigenvalue weighted by atomic mass is 9.83. The number of amides is 1. The van der Waals surface area contributed by atoms with Gasteiger partial charge in [-0.1, -0.05) is 32.0 Å². The summed E-state index contributed by atoms with van der Waals surface area (Å²) in [5, 5.41) is 0. The molecule has 1 aromatic carbocycles. The van der Waals surface area contributed by atoms with Gasteiger partial charge in [-0.25, -0.2) is 0 Å². The van der Waals surface area contributed by atoms with Gasteiger partial charge in [-0.15, -0.1) is 12.4 Å². The lowest BCUT2D eigenvalue weighted by molar-refractivity contribution is -0.137. The van der Waals surface area contributed by atoms with E-state index in [0.717, 1.165) is 24.2 Å². The monoisotopic (exact) mass is 384 g/mol. The predicted molar refractivity (Wildman–Crippen MR) is 107 cm³/mol. The zero-order valence-corrected chi connectivity index (χ0v) is 17.1. The van der Waals surface area contributed by atoms with Crippen molar-refractivity contribution in [1.82, 2.24) is 4.90 Å². The maximum Gasteiger partial charge on any atom is 0.225 e. The number of rotatable bonds is 7. The molecule has 1 fully saturated rings. The van der Waals surface area contributed by atoms with E-state index in [1.165, 1.54) is 0 Å². The first kappa shape index (κ1) is 22.7. The summed E-state index contributed by atoms with van der Waals surface area (Å²) in [7, 11) is 3.54. The van der Waals surface area contributed by atoms with Crippen LogP contribution in [0.25, 0.3) is 0 Å². The van der Waals surface area contributed by atoms with Gasteiger partial charge in [-0.2, -0.15) is 0 Å². The Morgan fingerprint density at radius 3 is 2.62 bits per heavy atom. The van der Waals surface area contributed by atoms with Crippen molar-refractivity contribution in [2.45, 2.75) is 51.8 Å². The molecule has 1 aliphatic carbocycles. The quantitative estimate of drug-likeness (QED) is 0.783. The molecule has 1 aliphatic rings. The third-order valence-corrected chi connectivity index (χ3v) is 4.81. The Balaban J connectivity index is 0.00000338. The Morgan fingerprint density at radius 1 is 1.31 bits per heavy atom. The number of carbonyl (C=O) groups excluding carboxylic acids is 1. The number of ether oxygens (including phenoxy) is 2. The summed E-state index contributed by atoms with van der Waals surface area (Å²) in [4.78, 5) is 14.6. The molecule has 0 aliphatic heterocycles. The van der Waals surface area contributed by atoms with Crippen molar-refractivity contribution < 1.29 is 14.3 Å². The van der Waals surface area contributed by atoms with E-state index in [1.807, 2.05) is 31.3 Å². The van der Waals surface area contributed by atoms with Crippen LogP contribution in [0.4, 0.5) is 0 Å². The van der Waals surface area contributed by atoms with Crippen LogP contribution < -0.4 is 10.5 Å². The maximum absolute atomic E-state index is 12.8. The third kappa shape index (κ3) is 6.15. The molecular weight excluding hydrogens is 352 g/mol. The normalized spacial score (nSPS) is 22.6. The summed E-state index contributed by atoms with van der Waals surface area (Å²) < 4.78 is 11.3. The van der Waals surface area contributed by atoms with E-state index < -0.39 is 0 Å². The molecule has 0 heterocycles. The van der Waals surface area contributed by atoms with Gasteiger partial charge in [0.2, 0.25) is 5.91 Å². The second kappa shape index (κ2) is 10.8. The maximum atomic E-state index is 12.8. The molecule has 6 heteroatoms. The highest BCUT2D eigenvalue weighted by Gasteiger charge is 2.33. The Morgan fingerprint density at radius 2 is 2.00 bits per heavy atom. The molecule has 2 rings (SSSR count). The Hall–Kier alpha value is -1.30. The zero-order valence-electron chi connectivity index (χ0n) is 16.3. The van der Waals surface area contributed by atoms with Crippen LogP contribution in [0.15, 0.2) is 24.3 Å². The number of methoxy groups -OCH3 is 1. The molecular formula is C20H33ClN2O3. The first-order valence-corrected chi connectivity index (χ1v) is 9.16. The number of nitrogens with zero attached hydrogens (tertiary/aromatic N) is 1. The van der Waals surface area contributed by atoms with Crippen LogP contribution >= 0.6 is 12.4 Å². The van der Waals surface area contributed by atoms with Crippen molar-refractivity contribution in [2.24, 2.45) is 17.6 Å². The summed E-state index contributed by atoms with van der Waals surface area (Å²) in [6, 6.07) is 7.87. The Bertz CT molecular complexity index is 568. The second-order valence-electron chi connectivity index (χ2n) is 7.45. The van der Waals surface area contributed by atoms with Gasteiger partial charge in [0.05, 0.1) is 12.7 Å². The van der Waals surface area contributed by atoms with Crippen LogP contribution in [0.5, 0.6) is 5.75 Å². The highest BCUT2D eigenvalue weighted by atomic mass is 35.5. The van der Waals surface area contributed by atoms with E-state index in [1.54, 1.807) is 12.0 Å². The molecule has 26 heavy (non-hydrogen) atoms. The minimum atomic E-state index is -0.0669. The predicted octanol–water partition coefficient (Wildman–Crippen LogP) is 3.24. The molecule has 2 N–H and O–H groups in total. The van der Waals surface area contributed by atoms with Gasteiger partial charge in [0, 0.05) is 38.2 Å². The van der Waals surface area contributed by atoms with Gasteiger partial charge in [0.25, 0.3) is 0 Å². The van der Waals surface area contributed by atoms with Crippen LogP contribution in [0.3, 0.4) is 0 Å². The van der Waals surface area contributed by atoms with Crippen LogP contribution in [-0.2, 0) is 16.1 Å². The van der Waals surface area contributed by atoms with E-state index in [9.17, 15) is 4.79 Å². The number of carbonyl (C=O) groups is 1. The zero-order chi connectivity index (χ0) is 18.4. The van der Waals surface area contributed by atoms with Crippen molar-refractivity contribution in [1.29, 1.82) is 0 Å². The summed E-state index contributed by atoms with van der Waals surface area (Å²) in [6.45, 7) is 5.47. The molecule has 148 valence electrons. The Kier molecular flexibility index (Phi) is 9.41. The third-order valence-electron chi connectivity index (χ3n) is 4.81. The lowest BCUT2D eigenvalue weighted by Crippen LogP contribution is -2.45. The topological polar surface area (TPSA) is 64.8 Å². The summed E-state index contributed by atoms with van der Waals surface area (Å²) in [6.07, 6.45) is 2.43. The molecule has 0 aromatic heterocycles. The SMILES string of the molecule is CO[C@@H]1CC[C@H](C(=O)N(C)Cc2ccccc2OCC(C)C)C[C@H]1N.Cl. The fourth-order valence-electron chi connectivity index (χ4n) is 3.37. The molecule has 0 saturated heterocycles.